The van der Waals surface area contributed by atoms with Gasteiger partial charge in [-0.1, -0.05) is 12.1 Å². The number of para-hydroxylation sites is 1. The summed E-state index contributed by atoms with van der Waals surface area (Å²) in [6.07, 6.45) is 1.11. The van der Waals surface area contributed by atoms with Crippen molar-refractivity contribution in [1.82, 2.24) is 0 Å². The molecule has 1 aliphatic rings. The second-order valence-electron chi connectivity index (χ2n) is 4.22. The topological polar surface area (TPSA) is 66.8 Å². The first-order valence-electron chi connectivity index (χ1n) is 5.82. The third-order valence-electron chi connectivity index (χ3n) is 3.03. The zero-order valence-corrected chi connectivity index (χ0v) is 10.1. The molecule has 2 rings (SSSR count). The Kier molecular flexibility index (Phi) is 3.62. The summed E-state index contributed by atoms with van der Waals surface area (Å²) in [4.78, 5) is 24.6. The number of ether oxygens (including phenoxy) is 1. The van der Waals surface area contributed by atoms with E-state index >= 15 is 0 Å². The lowest BCUT2D eigenvalue weighted by molar-refractivity contribution is -0.127. The van der Waals surface area contributed by atoms with Crippen molar-refractivity contribution in [2.45, 2.75) is 18.9 Å². The van der Waals surface area contributed by atoms with Crippen molar-refractivity contribution < 1.29 is 19.4 Å². The van der Waals surface area contributed by atoms with Gasteiger partial charge in [-0.05, 0) is 25.0 Å². The molecule has 18 heavy (non-hydrogen) atoms. The number of aromatic carboxylic acids is 1. The fraction of sp³-hybridized carbons (Fsp3) is 0.385. The Balaban J connectivity index is 2.25. The zero-order chi connectivity index (χ0) is 13.1. The SMILES string of the molecule is CN(C(=O)[C@@H]1CCCO1)c1ccccc1C(=O)O. The molecule has 1 amide bonds. The van der Waals surface area contributed by atoms with Gasteiger partial charge in [0.2, 0.25) is 0 Å². The molecule has 0 saturated carbocycles. The Hall–Kier alpha value is -1.88. The Morgan fingerprint density at radius 1 is 1.39 bits per heavy atom. The maximum Gasteiger partial charge on any atom is 0.337 e. The maximum absolute atomic E-state index is 12.1. The molecule has 0 bridgehead atoms. The van der Waals surface area contributed by atoms with Gasteiger partial charge in [-0.2, -0.15) is 0 Å². The van der Waals surface area contributed by atoms with E-state index in [9.17, 15) is 9.59 Å². The lowest BCUT2D eigenvalue weighted by atomic mass is 10.1. The summed E-state index contributed by atoms with van der Waals surface area (Å²) in [6, 6.07) is 6.45. The van der Waals surface area contributed by atoms with Gasteiger partial charge in [0, 0.05) is 13.7 Å². The summed E-state index contributed by atoms with van der Waals surface area (Å²) < 4.78 is 5.32. The summed E-state index contributed by atoms with van der Waals surface area (Å²) in [5.74, 6) is -1.24. The number of carbonyl (C=O) groups excluding carboxylic acids is 1. The van der Waals surface area contributed by atoms with Crippen LogP contribution in [0.2, 0.25) is 0 Å². The molecule has 5 heteroatoms. The first-order chi connectivity index (χ1) is 8.61. The van der Waals surface area contributed by atoms with E-state index in [1.54, 1.807) is 25.2 Å². The minimum Gasteiger partial charge on any atom is -0.478 e. The van der Waals surface area contributed by atoms with Crippen LogP contribution < -0.4 is 4.90 Å². The molecule has 5 nitrogen and oxygen atoms in total. The first kappa shape index (κ1) is 12.6. The van der Waals surface area contributed by atoms with Crippen molar-refractivity contribution in [2.24, 2.45) is 0 Å². The van der Waals surface area contributed by atoms with Crippen LogP contribution in [0.5, 0.6) is 0 Å². The Morgan fingerprint density at radius 2 is 2.11 bits per heavy atom. The molecule has 0 radical (unpaired) electrons. The van der Waals surface area contributed by atoms with Crippen LogP contribution in [0.3, 0.4) is 0 Å². The van der Waals surface area contributed by atoms with Crippen LogP contribution in [0.4, 0.5) is 5.69 Å². The molecule has 0 aromatic heterocycles. The standard InChI is InChI=1S/C13H15NO4/c1-14(12(15)11-7-4-8-18-11)10-6-3-2-5-9(10)13(16)17/h2-3,5-6,11H,4,7-8H2,1H3,(H,16,17)/t11-/m0/s1. The van der Waals surface area contributed by atoms with Gasteiger partial charge in [0.25, 0.3) is 5.91 Å². The number of carboxylic acid groups (broad SMARTS) is 1. The minimum absolute atomic E-state index is 0.117. The third-order valence-corrected chi connectivity index (χ3v) is 3.03. The van der Waals surface area contributed by atoms with Gasteiger partial charge in [-0.15, -0.1) is 0 Å². The number of carboxylic acids is 1. The Morgan fingerprint density at radius 3 is 2.72 bits per heavy atom. The third kappa shape index (κ3) is 2.36. The normalized spacial score (nSPS) is 18.6. The van der Waals surface area contributed by atoms with Gasteiger partial charge in [-0.3, -0.25) is 4.79 Å². The molecule has 1 aromatic carbocycles. The van der Waals surface area contributed by atoms with Gasteiger partial charge >= 0.3 is 5.97 Å². The second kappa shape index (κ2) is 5.18. The summed E-state index contributed by atoms with van der Waals surface area (Å²) in [5, 5.41) is 9.09. The van der Waals surface area contributed by atoms with Gasteiger partial charge in [-0.25, -0.2) is 4.79 Å². The second-order valence-corrected chi connectivity index (χ2v) is 4.22. The predicted molar refractivity (Wildman–Crippen MR) is 65.8 cm³/mol. The highest BCUT2D eigenvalue weighted by atomic mass is 16.5. The van der Waals surface area contributed by atoms with E-state index in [4.69, 9.17) is 9.84 Å². The van der Waals surface area contributed by atoms with E-state index in [-0.39, 0.29) is 11.5 Å². The zero-order valence-electron chi connectivity index (χ0n) is 10.1. The molecule has 1 N–H and O–H groups in total. The molecule has 1 aromatic rings. The van der Waals surface area contributed by atoms with Crippen molar-refractivity contribution in [3.8, 4) is 0 Å². The molecular weight excluding hydrogens is 234 g/mol. The average Bonchev–Trinajstić information content (AvgIpc) is 2.90. The molecule has 0 spiro atoms. The molecule has 1 fully saturated rings. The molecule has 0 aliphatic carbocycles. The van der Waals surface area contributed by atoms with Crippen molar-refractivity contribution >= 4 is 17.6 Å². The summed E-state index contributed by atoms with van der Waals surface area (Å²) in [7, 11) is 1.58. The van der Waals surface area contributed by atoms with Crippen LogP contribution in [0.1, 0.15) is 23.2 Å². The quantitative estimate of drug-likeness (QED) is 0.882. The van der Waals surface area contributed by atoms with Gasteiger partial charge in [0.1, 0.15) is 6.10 Å². The monoisotopic (exact) mass is 249 g/mol. The van der Waals surface area contributed by atoms with Gasteiger partial charge in [0.05, 0.1) is 11.3 Å². The fourth-order valence-corrected chi connectivity index (χ4v) is 2.05. The lowest BCUT2D eigenvalue weighted by Gasteiger charge is -2.22. The molecule has 0 unspecified atom stereocenters. The largest absolute Gasteiger partial charge is 0.478 e. The summed E-state index contributed by atoms with van der Waals surface area (Å²) in [6.45, 7) is 0.588. The predicted octanol–water partition coefficient (Wildman–Crippen LogP) is 1.53. The molecule has 1 aliphatic heterocycles. The highest BCUT2D eigenvalue weighted by Gasteiger charge is 2.28. The highest BCUT2D eigenvalue weighted by molar-refractivity contribution is 6.03. The number of rotatable bonds is 3. The van der Waals surface area contributed by atoms with E-state index in [0.29, 0.717) is 18.7 Å². The molecule has 1 heterocycles. The number of likely N-dealkylation sites (N-methyl/N-ethyl adjacent to an activating group) is 1. The first-order valence-corrected chi connectivity index (χ1v) is 5.82. The number of anilines is 1. The summed E-state index contributed by atoms with van der Waals surface area (Å²) in [5.41, 5.74) is 0.511. The van der Waals surface area contributed by atoms with E-state index in [2.05, 4.69) is 0 Å². The molecular formula is C13H15NO4. The fourth-order valence-electron chi connectivity index (χ4n) is 2.05. The minimum atomic E-state index is -1.04. The Labute approximate surface area is 105 Å². The number of hydrogen-bond donors (Lipinski definition) is 1. The summed E-state index contributed by atoms with van der Waals surface area (Å²) >= 11 is 0. The van der Waals surface area contributed by atoms with Crippen molar-refractivity contribution in [1.29, 1.82) is 0 Å². The van der Waals surface area contributed by atoms with Crippen LogP contribution in [0, 0.1) is 0 Å². The van der Waals surface area contributed by atoms with Crippen LogP contribution in [-0.2, 0) is 9.53 Å². The number of benzene rings is 1. The number of nitrogens with zero attached hydrogens (tertiary/aromatic N) is 1. The van der Waals surface area contributed by atoms with Crippen LogP contribution in [0.15, 0.2) is 24.3 Å². The van der Waals surface area contributed by atoms with Crippen LogP contribution >= 0.6 is 0 Å². The van der Waals surface area contributed by atoms with Gasteiger partial charge < -0.3 is 14.7 Å². The Bertz CT molecular complexity index is 466. The van der Waals surface area contributed by atoms with Crippen LogP contribution in [-0.4, -0.2) is 36.7 Å². The molecule has 1 saturated heterocycles. The van der Waals surface area contributed by atoms with Gasteiger partial charge in [0.15, 0.2) is 0 Å². The van der Waals surface area contributed by atoms with Crippen molar-refractivity contribution in [3.05, 3.63) is 29.8 Å². The van der Waals surface area contributed by atoms with Crippen LogP contribution in [0.25, 0.3) is 0 Å². The molecule has 1 atom stereocenters. The number of carbonyl (C=O) groups is 2. The van der Waals surface area contributed by atoms with E-state index < -0.39 is 12.1 Å². The average molecular weight is 249 g/mol. The smallest absolute Gasteiger partial charge is 0.337 e. The highest BCUT2D eigenvalue weighted by Crippen LogP contribution is 2.22. The molecule has 96 valence electrons. The van der Waals surface area contributed by atoms with Crippen molar-refractivity contribution in [3.63, 3.8) is 0 Å². The van der Waals surface area contributed by atoms with E-state index in [1.165, 1.54) is 11.0 Å². The van der Waals surface area contributed by atoms with E-state index in [0.717, 1.165) is 6.42 Å². The number of amides is 1. The maximum atomic E-state index is 12.1. The lowest BCUT2D eigenvalue weighted by Crippen LogP contribution is -2.36. The number of hydrogen-bond acceptors (Lipinski definition) is 3. The van der Waals surface area contributed by atoms with Crippen molar-refractivity contribution in [2.75, 3.05) is 18.6 Å². The van der Waals surface area contributed by atoms with E-state index in [1.807, 2.05) is 0 Å².